The Morgan fingerprint density at radius 3 is 2.82 bits per heavy atom. The summed E-state index contributed by atoms with van der Waals surface area (Å²) in [6.07, 6.45) is 0. The zero-order chi connectivity index (χ0) is 23.5. The second-order valence-corrected chi connectivity index (χ2v) is 7.38. The lowest BCUT2D eigenvalue weighted by molar-refractivity contribution is -0.385. The van der Waals surface area contributed by atoms with E-state index in [0.29, 0.717) is 21.8 Å². The molecule has 0 fully saturated rings. The topological polar surface area (TPSA) is 189 Å². The molecule has 168 valence electrons. The summed E-state index contributed by atoms with van der Waals surface area (Å²) < 4.78 is 10.9. The van der Waals surface area contributed by atoms with Crippen molar-refractivity contribution < 1.29 is 19.1 Å². The van der Waals surface area contributed by atoms with Gasteiger partial charge < -0.3 is 10.5 Å². The van der Waals surface area contributed by atoms with Gasteiger partial charge in [-0.25, -0.2) is 10.1 Å². The third-order valence-corrected chi connectivity index (χ3v) is 5.33. The number of nitrogen functional groups attached to an aromatic ring is 1. The number of nitrogens with one attached hydrogen (secondary N) is 1. The summed E-state index contributed by atoms with van der Waals surface area (Å²) in [5.41, 5.74) is 8.96. The third-order valence-electron chi connectivity index (χ3n) is 4.45. The second-order valence-electron chi connectivity index (χ2n) is 6.43. The highest BCUT2D eigenvalue weighted by Gasteiger charge is 2.26. The molecule has 0 aliphatic rings. The van der Waals surface area contributed by atoms with Crippen LogP contribution in [0.4, 0.5) is 11.5 Å². The molecule has 3 N–H and O–H groups in total. The van der Waals surface area contributed by atoms with Gasteiger partial charge in [0.1, 0.15) is 5.69 Å². The minimum absolute atomic E-state index is 0.0281. The van der Waals surface area contributed by atoms with Gasteiger partial charge in [0, 0.05) is 11.6 Å². The number of nitrogens with two attached hydrogens (primary N) is 1. The average Bonchev–Trinajstić information content (AvgIpc) is 3.56. The Hall–Kier alpha value is -4.66. The zero-order valence-corrected chi connectivity index (χ0v) is 17.9. The van der Waals surface area contributed by atoms with Gasteiger partial charge in [-0.05, 0) is 40.8 Å². The van der Waals surface area contributed by atoms with E-state index in [-0.39, 0.29) is 28.8 Å². The van der Waals surface area contributed by atoms with E-state index in [1.165, 1.54) is 35.3 Å². The number of thiophene rings is 1. The van der Waals surface area contributed by atoms with Crippen LogP contribution in [0.15, 0.2) is 45.4 Å². The van der Waals surface area contributed by atoms with Crippen molar-refractivity contribution in [2.45, 2.75) is 6.92 Å². The molecule has 3 aromatic heterocycles. The van der Waals surface area contributed by atoms with Crippen LogP contribution >= 0.6 is 11.3 Å². The van der Waals surface area contributed by atoms with E-state index < -0.39 is 10.8 Å². The third kappa shape index (κ3) is 4.11. The number of hydrogen-bond donors (Lipinski definition) is 2. The Labute approximate surface area is 188 Å². The molecule has 3 heterocycles. The minimum atomic E-state index is -0.665. The summed E-state index contributed by atoms with van der Waals surface area (Å²) in [5, 5.41) is 32.3. The summed E-state index contributed by atoms with van der Waals surface area (Å²) in [7, 11) is 1.34. The van der Waals surface area contributed by atoms with Gasteiger partial charge in [0.25, 0.3) is 5.91 Å². The quantitative estimate of drug-likeness (QED) is 0.230. The Kier molecular flexibility index (Phi) is 5.77. The van der Waals surface area contributed by atoms with Crippen LogP contribution in [0.2, 0.25) is 0 Å². The fraction of sp³-hybridized carbons (Fsp3) is 0.111. The van der Waals surface area contributed by atoms with Crippen LogP contribution < -0.4 is 15.9 Å². The van der Waals surface area contributed by atoms with Crippen LogP contribution in [-0.4, -0.2) is 49.0 Å². The number of aromatic nitrogens is 5. The Morgan fingerprint density at radius 1 is 1.36 bits per heavy atom. The van der Waals surface area contributed by atoms with Gasteiger partial charge in [-0.2, -0.15) is 9.78 Å². The lowest BCUT2D eigenvalue weighted by Crippen LogP contribution is -2.20. The number of amides is 1. The first-order valence-electron chi connectivity index (χ1n) is 9.16. The van der Waals surface area contributed by atoms with Gasteiger partial charge in [-0.3, -0.25) is 14.9 Å². The van der Waals surface area contributed by atoms with Crippen molar-refractivity contribution in [3.05, 3.63) is 57.1 Å². The van der Waals surface area contributed by atoms with E-state index in [2.05, 4.69) is 35.8 Å². The lowest BCUT2D eigenvalue weighted by Gasteiger charge is -2.06. The van der Waals surface area contributed by atoms with Crippen LogP contribution in [0.25, 0.3) is 16.4 Å². The number of nitro benzene ring substituents is 1. The van der Waals surface area contributed by atoms with E-state index in [1.54, 1.807) is 25.1 Å². The molecule has 0 bridgehead atoms. The van der Waals surface area contributed by atoms with Crippen molar-refractivity contribution in [2.75, 3.05) is 12.8 Å². The molecule has 1 aromatic carbocycles. The number of anilines is 1. The molecule has 0 saturated carbocycles. The first-order valence-corrected chi connectivity index (χ1v) is 10.0. The smallest absolute Gasteiger partial charge is 0.311 e. The molecule has 0 aliphatic carbocycles. The number of carbonyl (C=O) groups excluding carboxylic acids is 1. The average molecular weight is 469 g/mol. The number of nitro groups is 1. The van der Waals surface area contributed by atoms with E-state index in [9.17, 15) is 14.9 Å². The number of nitrogens with zero attached hydrogens (tertiary/aromatic N) is 7. The van der Waals surface area contributed by atoms with Crippen molar-refractivity contribution in [1.29, 1.82) is 0 Å². The molecule has 0 radical (unpaired) electrons. The van der Waals surface area contributed by atoms with Gasteiger partial charge in [0.15, 0.2) is 11.4 Å². The SMILES string of the molecule is COc1ccc(/C(C)=N\NC(=O)c2nnn(-c3nonc3N)c2-c2cccs2)cc1[N+](=O)[O-]. The highest BCUT2D eigenvalue weighted by atomic mass is 32.1. The molecular formula is C18H15N9O5S. The Balaban J connectivity index is 1.65. The largest absolute Gasteiger partial charge is 0.490 e. The number of benzene rings is 1. The summed E-state index contributed by atoms with van der Waals surface area (Å²) in [6, 6.07) is 7.90. The fourth-order valence-electron chi connectivity index (χ4n) is 2.87. The number of ether oxygens (including phenoxy) is 1. The van der Waals surface area contributed by atoms with Gasteiger partial charge in [-0.15, -0.1) is 16.4 Å². The maximum absolute atomic E-state index is 12.9. The fourth-order valence-corrected chi connectivity index (χ4v) is 3.62. The van der Waals surface area contributed by atoms with Crippen LogP contribution in [0.1, 0.15) is 23.0 Å². The molecule has 0 aliphatic heterocycles. The molecule has 0 unspecified atom stereocenters. The summed E-state index contributed by atoms with van der Waals surface area (Å²) >= 11 is 1.35. The number of methoxy groups -OCH3 is 1. The highest BCUT2D eigenvalue weighted by molar-refractivity contribution is 7.13. The normalized spacial score (nSPS) is 11.4. The number of carbonyl (C=O) groups is 1. The second kappa shape index (κ2) is 8.83. The van der Waals surface area contributed by atoms with Gasteiger partial charge >= 0.3 is 5.69 Å². The van der Waals surface area contributed by atoms with E-state index in [0.717, 1.165) is 0 Å². The first-order chi connectivity index (χ1) is 15.9. The van der Waals surface area contributed by atoms with E-state index in [4.69, 9.17) is 10.5 Å². The number of rotatable bonds is 7. The molecule has 0 spiro atoms. The molecule has 4 aromatic rings. The molecule has 1 amide bonds. The van der Waals surface area contributed by atoms with E-state index >= 15 is 0 Å². The van der Waals surface area contributed by atoms with Crippen LogP contribution in [0.5, 0.6) is 5.75 Å². The van der Waals surface area contributed by atoms with Crippen molar-refractivity contribution >= 4 is 34.5 Å². The lowest BCUT2D eigenvalue weighted by atomic mass is 10.1. The molecule has 15 heteroatoms. The van der Waals surface area contributed by atoms with Crippen molar-refractivity contribution in [3.8, 4) is 22.1 Å². The molecule has 0 atom stereocenters. The molecular weight excluding hydrogens is 454 g/mol. The molecule has 33 heavy (non-hydrogen) atoms. The molecule has 4 rings (SSSR count). The van der Waals surface area contributed by atoms with Gasteiger partial charge in [0.2, 0.25) is 11.6 Å². The number of hydrogen-bond acceptors (Lipinski definition) is 12. The predicted octanol–water partition coefficient (Wildman–Crippen LogP) is 2.03. The summed E-state index contributed by atoms with van der Waals surface area (Å²) in [5.74, 6) is -0.503. The standard InChI is InChI=1S/C18H15N9O5S/c1-9(10-5-6-12(31-2)11(8-10)27(29)30)20-22-18(28)14-15(13-4-3-7-33-13)26(25-21-14)17-16(19)23-32-24-17/h3-8H,1-2H3,(H2,19,23)(H,22,28)/b20-9-. The minimum Gasteiger partial charge on any atom is -0.490 e. The van der Waals surface area contributed by atoms with Crippen LogP contribution in [0.3, 0.4) is 0 Å². The van der Waals surface area contributed by atoms with E-state index in [1.807, 2.05) is 5.38 Å². The Morgan fingerprint density at radius 2 is 2.18 bits per heavy atom. The zero-order valence-electron chi connectivity index (χ0n) is 17.1. The van der Waals surface area contributed by atoms with Gasteiger partial charge in [0.05, 0.1) is 22.6 Å². The molecule has 14 nitrogen and oxygen atoms in total. The molecule has 0 saturated heterocycles. The summed E-state index contributed by atoms with van der Waals surface area (Å²) in [4.78, 5) is 24.2. The number of hydrazone groups is 1. The van der Waals surface area contributed by atoms with Crippen molar-refractivity contribution in [3.63, 3.8) is 0 Å². The maximum atomic E-state index is 12.9. The van der Waals surface area contributed by atoms with Crippen LogP contribution in [0, 0.1) is 10.1 Å². The predicted molar refractivity (Wildman–Crippen MR) is 116 cm³/mol. The van der Waals surface area contributed by atoms with Crippen molar-refractivity contribution in [1.82, 2.24) is 30.7 Å². The highest BCUT2D eigenvalue weighted by Crippen LogP contribution is 2.30. The van der Waals surface area contributed by atoms with Crippen molar-refractivity contribution in [2.24, 2.45) is 5.10 Å². The van der Waals surface area contributed by atoms with Crippen LogP contribution in [-0.2, 0) is 0 Å². The maximum Gasteiger partial charge on any atom is 0.311 e. The monoisotopic (exact) mass is 469 g/mol. The Bertz CT molecular complexity index is 1360. The first kappa shape index (κ1) is 21.6. The van der Waals surface area contributed by atoms with Gasteiger partial charge in [-0.1, -0.05) is 11.3 Å². The summed E-state index contributed by atoms with van der Waals surface area (Å²) in [6.45, 7) is 1.59.